The highest BCUT2D eigenvalue weighted by Gasteiger charge is 2.47. The Morgan fingerprint density at radius 1 is 1.38 bits per heavy atom. The molecule has 0 spiro atoms. The van der Waals surface area contributed by atoms with Crippen molar-refractivity contribution >= 4 is 6.03 Å². The Balaban J connectivity index is 1.76. The fourth-order valence-corrected chi connectivity index (χ4v) is 3.18. The molecule has 2 rings (SSSR count). The Morgan fingerprint density at radius 2 is 2.12 bits per heavy atom. The summed E-state index contributed by atoms with van der Waals surface area (Å²) in [4.78, 5) is 11.5. The average Bonchev–Trinajstić information content (AvgIpc) is 2.51. The van der Waals surface area contributed by atoms with Gasteiger partial charge in [0.05, 0.1) is 0 Å². The summed E-state index contributed by atoms with van der Waals surface area (Å²) in [6.45, 7) is 4.75. The number of urea groups is 1. The van der Waals surface area contributed by atoms with Crippen LogP contribution in [0.15, 0.2) is 0 Å². The van der Waals surface area contributed by atoms with Crippen LogP contribution in [0.4, 0.5) is 4.79 Å². The molecule has 0 aromatic carbocycles. The van der Waals surface area contributed by atoms with Crippen LogP contribution < -0.4 is 16.4 Å². The third-order valence-electron chi connectivity index (χ3n) is 3.99. The molecular formula is C12H23N3O. The number of amides is 2. The maximum Gasteiger partial charge on any atom is 0.315 e. The number of carbonyl (C=O) groups is 1. The minimum absolute atomic E-state index is 0.0188. The molecule has 2 aliphatic rings. The van der Waals surface area contributed by atoms with Crippen LogP contribution in [0.2, 0.25) is 0 Å². The zero-order chi connectivity index (χ0) is 11.7. The summed E-state index contributed by atoms with van der Waals surface area (Å²) in [5.74, 6) is 2.19. The lowest BCUT2D eigenvalue weighted by atomic mass is 9.71. The van der Waals surface area contributed by atoms with E-state index in [9.17, 15) is 4.79 Å². The molecule has 0 bridgehead atoms. The Labute approximate surface area is 97.3 Å². The van der Waals surface area contributed by atoms with E-state index in [4.69, 9.17) is 5.73 Å². The van der Waals surface area contributed by atoms with E-state index in [1.165, 1.54) is 12.8 Å². The molecule has 16 heavy (non-hydrogen) atoms. The molecule has 2 aliphatic carbocycles. The number of nitrogens with two attached hydrogens (primary N) is 1. The highest BCUT2D eigenvalue weighted by molar-refractivity contribution is 5.74. The summed E-state index contributed by atoms with van der Waals surface area (Å²) >= 11 is 0. The van der Waals surface area contributed by atoms with E-state index in [2.05, 4.69) is 10.6 Å². The summed E-state index contributed by atoms with van der Waals surface area (Å²) in [5.41, 5.74) is 5.70. The molecule has 4 unspecified atom stereocenters. The topological polar surface area (TPSA) is 67.2 Å². The van der Waals surface area contributed by atoms with Gasteiger partial charge in [-0.1, -0.05) is 0 Å². The molecule has 0 radical (unpaired) electrons. The van der Waals surface area contributed by atoms with Crippen molar-refractivity contribution in [3.8, 4) is 0 Å². The van der Waals surface area contributed by atoms with Gasteiger partial charge in [-0.2, -0.15) is 0 Å². The fraction of sp³-hybridized carbons (Fsp3) is 0.917. The molecule has 4 N–H and O–H groups in total. The lowest BCUT2D eigenvalue weighted by Crippen LogP contribution is -2.54. The molecule has 0 aliphatic heterocycles. The predicted molar refractivity (Wildman–Crippen MR) is 64.0 cm³/mol. The van der Waals surface area contributed by atoms with Crippen LogP contribution in [0.25, 0.3) is 0 Å². The van der Waals surface area contributed by atoms with Crippen LogP contribution in [0.3, 0.4) is 0 Å². The van der Waals surface area contributed by atoms with Crippen molar-refractivity contribution in [3.63, 3.8) is 0 Å². The van der Waals surface area contributed by atoms with E-state index in [0.29, 0.717) is 17.9 Å². The second kappa shape index (κ2) is 4.62. The first-order valence-corrected chi connectivity index (χ1v) is 6.37. The average molecular weight is 225 g/mol. The highest BCUT2D eigenvalue weighted by Crippen LogP contribution is 2.49. The zero-order valence-corrected chi connectivity index (χ0v) is 10.2. The monoisotopic (exact) mass is 225 g/mol. The summed E-state index contributed by atoms with van der Waals surface area (Å²) in [5, 5.41) is 5.95. The molecule has 0 aromatic heterocycles. The van der Waals surface area contributed by atoms with Gasteiger partial charge in [-0.15, -0.1) is 0 Å². The van der Waals surface area contributed by atoms with E-state index in [1.54, 1.807) is 0 Å². The van der Waals surface area contributed by atoms with Gasteiger partial charge in [0.2, 0.25) is 0 Å². The van der Waals surface area contributed by atoms with Crippen molar-refractivity contribution in [3.05, 3.63) is 0 Å². The first-order chi connectivity index (χ1) is 7.60. The minimum atomic E-state index is -0.0188. The molecule has 2 fully saturated rings. The number of fused-ring (bicyclic) bond motifs is 1. The molecule has 4 nitrogen and oxygen atoms in total. The lowest BCUT2D eigenvalue weighted by molar-refractivity contribution is 0.140. The van der Waals surface area contributed by atoms with Crippen molar-refractivity contribution in [2.45, 2.75) is 45.2 Å². The number of carbonyl (C=O) groups excluding carboxylic acids is 1. The smallest absolute Gasteiger partial charge is 0.315 e. The third-order valence-corrected chi connectivity index (χ3v) is 3.99. The zero-order valence-electron chi connectivity index (χ0n) is 10.2. The van der Waals surface area contributed by atoms with Crippen LogP contribution in [0.5, 0.6) is 0 Å². The van der Waals surface area contributed by atoms with Crippen LogP contribution in [-0.2, 0) is 0 Å². The van der Waals surface area contributed by atoms with E-state index in [-0.39, 0.29) is 12.1 Å². The van der Waals surface area contributed by atoms with Crippen molar-refractivity contribution in [2.24, 2.45) is 23.5 Å². The van der Waals surface area contributed by atoms with Gasteiger partial charge in [-0.05, 0) is 57.4 Å². The van der Waals surface area contributed by atoms with E-state index >= 15 is 0 Å². The van der Waals surface area contributed by atoms with Crippen molar-refractivity contribution < 1.29 is 4.79 Å². The quantitative estimate of drug-likeness (QED) is 0.672. The largest absolute Gasteiger partial charge is 0.336 e. The number of rotatable bonds is 3. The summed E-state index contributed by atoms with van der Waals surface area (Å²) in [6.07, 6.45) is 3.62. The summed E-state index contributed by atoms with van der Waals surface area (Å²) < 4.78 is 0. The second-order valence-corrected chi connectivity index (χ2v) is 5.61. The Bertz CT molecular complexity index is 267. The number of nitrogens with one attached hydrogen (secondary N) is 2. The van der Waals surface area contributed by atoms with Crippen LogP contribution in [0, 0.1) is 17.8 Å². The molecule has 4 atom stereocenters. The number of hydrogen-bond acceptors (Lipinski definition) is 2. The molecule has 0 heterocycles. The van der Waals surface area contributed by atoms with Crippen LogP contribution in [0.1, 0.15) is 33.1 Å². The SMILES string of the molecule is CC(C)NC(=O)NC1CC2CC(CN)CC21. The van der Waals surface area contributed by atoms with Gasteiger partial charge in [-0.3, -0.25) is 0 Å². The van der Waals surface area contributed by atoms with Crippen molar-refractivity contribution in [2.75, 3.05) is 6.54 Å². The first kappa shape index (κ1) is 11.7. The van der Waals surface area contributed by atoms with Gasteiger partial charge in [0, 0.05) is 12.1 Å². The minimum Gasteiger partial charge on any atom is -0.336 e. The fourth-order valence-electron chi connectivity index (χ4n) is 3.18. The third kappa shape index (κ3) is 2.32. The molecule has 0 aromatic rings. The molecule has 2 amide bonds. The molecule has 4 heteroatoms. The number of hydrogen-bond donors (Lipinski definition) is 3. The van der Waals surface area contributed by atoms with E-state index in [0.717, 1.165) is 18.9 Å². The van der Waals surface area contributed by atoms with Crippen LogP contribution in [-0.4, -0.2) is 24.7 Å². The standard InChI is InChI=1S/C12H23N3O/c1-7(2)14-12(16)15-11-5-9-3-8(6-13)4-10(9)11/h7-11H,3-6,13H2,1-2H3,(H2,14,15,16). The predicted octanol–water partition coefficient (Wildman–Crippen LogP) is 1.07. The first-order valence-electron chi connectivity index (χ1n) is 6.37. The van der Waals surface area contributed by atoms with Gasteiger partial charge in [0.25, 0.3) is 0 Å². The second-order valence-electron chi connectivity index (χ2n) is 5.61. The molecular weight excluding hydrogens is 202 g/mol. The lowest BCUT2D eigenvalue weighted by Gasteiger charge is -2.40. The van der Waals surface area contributed by atoms with Crippen molar-refractivity contribution in [1.82, 2.24) is 10.6 Å². The maximum absolute atomic E-state index is 11.5. The summed E-state index contributed by atoms with van der Waals surface area (Å²) in [6, 6.07) is 0.575. The Morgan fingerprint density at radius 3 is 2.75 bits per heavy atom. The Hall–Kier alpha value is -0.770. The van der Waals surface area contributed by atoms with Gasteiger partial charge >= 0.3 is 6.03 Å². The van der Waals surface area contributed by atoms with Gasteiger partial charge in [0.15, 0.2) is 0 Å². The van der Waals surface area contributed by atoms with Gasteiger partial charge in [-0.25, -0.2) is 4.79 Å². The normalized spacial score (nSPS) is 36.8. The maximum atomic E-state index is 11.5. The molecule has 2 saturated carbocycles. The Kier molecular flexibility index (Phi) is 3.38. The molecule has 0 saturated heterocycles. The summed E-state index contributed by atoms with van der Waals surface area (Å²) in [7, 11) is 0. The highest BCUT2D eigenvalue weighted by atomic mass is 16.2. The molecule has 92 valence electrons. The van der Waals surface area contributed by atoms with Gasteiger partial charge < -0.3 is 16.4 Å². The van der Waals surface area contributed by atoms with Crippen molar-refractivity contribution in [1.29, 1.82) is 0 Å². The van der Waals surface area contributed by atoms with E-state index in [1.807, 2.05) is 13.8 Å². The van der Waals surface area contributed by atoms with Gasteiger partial charge in [0.1, 0.15) is 0 Å². The van der Waals surface area contributed by atoms with E-state index < -0.39 is 0 Å². The van der Waals surface area contributed by atoms with Crippen LogP contribution >= 0.6 is 0 Å².